The van der Waals surface area contributed by atoms with Gasteiger partial charge in [0.05, 0.1) is 17.0 Å². The Balaban J connectivity index is 0.00000484. The quantitative estimate of drug-likeness (QED) is 0.122. The molecular formula is C29H38F2KN6O6-. The van der Waals surface area contributed by atoms with Crippen molar-refractivity contribution in [2.75, 3.05) is 44.2 Å². The summed E-state index contributed by atoms with van der Waals surface area (Å²) in [6.45, 7) is 9.56. The first-order chi connectivity index (χ1) is 20.0. The van der Waals surface area contributed by atoms with Gasteiger partial charge in [-0.1, -0.05) is 0 Å². The van der Waals surface area contributed by atoms with Gasteiger partial charge in [-0.05, 0) is 68.1 Å². The van der Waals surface area contributed by atoms with Gasteiger partial charge in [0.15, 0.2) is 0 Å². The molecule has 0 radical (unpaired) electrons. The van der Waals surface area contributed by atoms with Crippen LogP contribution >= 0.6 is 0 Å². The summed E-state index contributed by atoms with van der Waals surface area (Å²) < 4.78 is 28.5. The van der Waals surface area contributed by atoms with E-state index in [1.54, 1.807) is 19.1 Å². The fourth-order valence-corrected chi connectivity index (χ4v) is 5.15. The Kier molecular flexibility index (Phi) is 17.1. The fourth-order valence-electron chi connectivity index (χ4n) is 5.15. The fraction of sp³-hybridized carbons (Fsp3) is 0.448. The van der Waals surface area contributed by atoms with Gasteiger partial charge in [-0.3, -0.25) is 34.3 Å². The molecule has 2 unspecified atom stereocenters. The standard InChI is InChI=1S/C29H37F2N6O5.K.H2O/c1-3-26(28(32)39)36(19-38)29(40)24-7-6-23(16-20(24)2)35-14-12-34(13-15-35)18-21-4-5-22(30)17-27(37(41)42)25(31)9-11-33-10-8-21;;/h6-7,9,11,16-17,19,21,26,33H,1,3-5,8,10,12-15,18H2,2H3,(H2,32,39);;1H2/q-1;+1;/p-1/b11-9+,22-17+,27-25-;;. The van der Waals surface area contributed by atoms with Gasteiger partial charge in [0.2, 0.25) is 18.1 Å². The van der Waals surface area contributed by atoms with E-state index < -0.39 is 40.1 Å². The van der Waals surface area contributed by atoms with Crippen molar-refractivity contribution in [1.29, 1.82) is 0 Å². The summed E-state index contributed by atoms with van der Waals surface area (Å²) in [4.78, 5) is 51.7. The predicted octanol–water partition coefficient (Wildman–Crippen LogP) is -0.164. The van der Waals surface area contributed by atoms with E-state index in [0.717, 1.165) is 55.8 Å². The maximum Gasteiger partial charge on any atom is 1.00 e. The molecule has 0 bridgehead atoms. The molecule has 15 heteroatoms. The number of rotatable bonds is 9. The normalized spacial score (nSPS) is 22.2. The Hall–Kier alpha value is -2.53. The van der Waals surface area contributed by atoms with Crippen LogP contribution in [0.4, 0.5) is 14.5 Å². The zero-order valence-electron chi connectivity index (χ0n) is 25.1. The van der Waals surface area contributed by atoms with Gasteiger partial charge in [-0.15, -0.1) is 0 Å². The Morgan fingerprint density at radius 3 is 2.50 bits per heavy atom. The van der Waals surface area contributed by atoms with Crippen LogP contribution in [0.2, 0.25) is 0 Å². The van der Waals surface area contributed by atoms with E-state index in [1.165, 1.54) is 6.20 Å². The van der Waals surface area contributed by atoms with Crippen LogP contribution in [0.1, 0.15) is 41.6 Å². The van der Waals surface area contributed by atoms with E-state index in [9.17, 15) is 33.3 Å². The van der Waals surface area contributed by atoms with Crippen molar-refractivity contribution >= 4 is 23.9 Å². The second-order valence-electron chi connectivity index (χ2n) is 10.4. The molecule has 12 nitrogen and oxygen atoms in total. The zero-order chi connectivity index (χ0) is 30.8. The maximum absolute atomic E-state index is 14.4. The summed E-state index contributed by atoms with van der Waals surface area (Å²) in [5.41, 5.74) is 6.29. The molecule has 0 spiro atoms. The van der Waals surface area contributed by atoms with Crippen molar-refractivity contribution in [2.45, 2.75) is 38.6 Å². The number of nitrogens with one attached hydrogen (secondary N) is 1. The number of allylic oxidation sites excluding steroid dienone is 4. The minimum absolute atomic E-state index is 0. The zero-order valence-corrected chi connectivity index (χ0v) is 28.2. The van der Waals surface area contributed by atoms with E-state index in [-0.39, 0.29) is 75.6 Å². The number of halogens is 2. The van der Waals surface area contributed by atoms with Crippen LogP contribution in [0.5, 0.6) is 0 Å². The number of benzene rings is 1. The van der Waals surface area contributed by atoms with Gasteiger partial charge in [-0.2, -0.15) is 10.8 Å². The monoisotopic (exact) mass is 643 g/mol. The van der Waals surface area contributed by atoms with Gasteiger partial charge in [0.25, 0.3) is 5.91 Å². The summed E-state index contributed by atoms with van der Waals surface area (Å²) in [5, 5.41) is 14.1. The molecule has 1 fully saturated rings. The number of aryl methyl sites for hydroxylation is 1. The summed E-state index contributed by atoms with van der Waals surface area (Å²) >= 11 is 0. The van der Waals surface area contributed by atoms with Crippen LogP contribution in [0, 0.1) is 29.9 Å². The second-order valence-corrected chi connectivity index (χ2v) is 10.4. The van der Waals surface area contributed by atoms with E-state index in [4.69, 9.17) is 5.73 Å². The second kappa shape index (κ2) is 19.1. The molecule has 1 aromatic carbocycles. The SMILES string of the molecule is [CH2-]CC(C(N)=O)N(C=O)C(=O)c1ccc(N2CCN(CC3CCN/C=C/C(F)=C([N+](=O)[O-])\C=C(\F)CC3)CC2)cc1C.[K+].[OH-]. The summed E-state index contributed by atoms with van der Waals surface area (Å²) in [6.07, 6.45) is 4.35. The van der Waals surface area contributed by atoms with E-state index >= 15 is 0 Å². The average molecular weight is 644 g/mol. The number of anilines is 1. The van der Waals surface area contributed by atoms with Crippen molar-refractivity contribution < 1.29 is 84.9 Å². The van der Waals surface area contributed by atoms with Gasteiger partial charge < -0.3 is 28.4 Å². The number of hydrogen-bond donors (Lipinski definition) is 2. The third-order valence-corrected chi connectivity index (χ3v) is 7.55. The average Bonchev–Trinajstić information content (AvgIpc) is 2.95. The molecule has 2 atom stereocenters. The minimum atomic E-state index is -1.12. The minimum Gasteiger partial charge on any atom is -0.870 e. The number of carbonyl (C=O) groups excluding carboxylic acids is 3. The number of amides is 3. The maximum atomic E-state index is 14.4. The van der Waals surface area contributed by atoms with Crippen LogP contribution in [-0.2, 0) is 9.59 Å². The number of piperazine rings is 1. The van der Waals surface area contributed by atoms with Gasteiger partial charge in [0.1, 0.15) is 5.83 Å². The number of imide groups is 1. The molecule has 4 N–H and O–H groups in total. The molecule has 0 aliphatic carbocycles. The van der Waals surface area contributed by atoms with Crippen LogP contribution in [0.15, 0.2) is 53.9 Å². The number of carbonyl (C=O) groups is 3. The first-order valence-corrected chi connectivity index (χ1v) is 13.8. The number of hydrogen-bond acceptors (Lipinski definition) is 9. The Bertz CT molecular complexity index is 1270. The summed E-state index contributed by atoms with van der Waals surface area (Å²) in [7, 11) is 0. The molecule has 0 saturated carbocycles. The molecule has 0 aromatic heterocycles. The van der Waals surface area contributed by atoms with Gasteiger partial charge in [-0.25, -0.2) is 4.39 Å². The topological polar surface area (TPSA) is 172 Å². The molecule has 2 aliphatic rings. The molecule has 44 heavy (non-hydrogen) atoms. The molecule has 2 aliphatic heterocycles. The Morgan fingerprint density at radius 2 is 1.93 bits per heavy atom. The number of nitrogens with two attached hydrogens (primary N) is 1. The predicted molar refractivity (Wildman–Crippen MR) is 156 cm³/mol. The summed E-state index contributed by atoms with van der Waals surface area (Å²) in [5.74, 6) is -3.13. The van der Waals surface area contributed by atoms with Crippen molar-refractivity contribution in [1.82, 2.24) is 15.1 Å². The van der Waals surface area contributed by atoms with Crippen LogP contribution in [0.3, 0.4) is 0 Å². The van der Waals surface area contributed by atoms with E-state index in [0.29, 0.717) is 36.6 Å². The molecule has 2 heterocycles. The number of nitro groups is 1. The smallest absolute Gasteiger partial charge is 0.870 e. The molecule has 236 valence electrons. The van der Waals surface area contributed by atoms with Crippen molar-refractivity contribution in [3.05, 3.63) is 82.1 Å². The first kappa shape index (κ1) is 39.5. The molecule has 3 amide bonds. The molecular weight excluding hydrogens is 605 g/mol. The van der Waals surface area contributed by atoms with E-state index in [1.807, 2.05) is 6.07 Å². The van der Waals surface area contributed by atoms with Crippen molar-refractivity contribution in [2.24, 2.45) is 11.7 Å². The third kappa shape index (κ3) is 10.8. The number of primary amides is 1. The molecule has 1 aromatic rings. The van der Waals surface area contributed by atoms with Gasteiger partial charge in [0, 0.05) is 50.5 Å². The van der Waals surface area contributed by atoms with E-state index in [2.05, 4.69) is 22.0 Å². The molecule has 3 rings (SSSR count). The number of nitrogens with zero attached hydrogens (tertiary/aromatic N) is 4. The van der Waals surface area contributed by atoms with Crippen LogP contribution in [0.25, 0.3) is 0 Å². The van der Waals surface area contributed by atoms with Crippen molar-refractivity contribution in [3.8, 4) is 0 Å². The van der Waals surface area contributed by atoms with Crippen LogP contribution < -0.4 is 67.3 Å². The van der Waals surface area contributed by atoms with Crippen LogP contribution in [-0.4, -0.2) is 83.7 Å². The Labute approximate surface area is 298 Å². The first-order valence-electron chi connectivity index (χ1n) is 13.8. The summed E-state index contributed by atoms with van der Waals surface area (Å²) in [6, 6.07) is 4.19. The largest absolute Gasteiger partial charge is 1.00 e. The molecule has 1 saturated heterocycles. The van der Waals surface area contributed by atoms with Crippen molar-refractivity contribution in [3.63, 3.8) is 0 Å². The Morgan fingerprint density at radius 1 is 1.25 bits per heavy atom. The third-order valence-electron chi connectivity index (χ3n) is 7.55. The van der Waals surface area contributed by atoms with Gasteiger partial charge >= 0.3 is 57.1 Å².